The highest BCUT2D eigenvalue weighted by Crippen LogP contribution is 2.40. The second-order valence-corrected chi connectivity index (χ2v) is 5.52. The Morgan fingerprint density at radius 1 is 1.33 bits per heavy atom. The van der Waals surface area contributed by atoms with Crippen LogP contribution in [-0.2, 0) is 12.7 Å². The molecule has 1 aromatic heterocycles. The lowest BCUT2D eigenvalue weighted by atomic mass is 10.1. The number of thiophene rings is 1. The molecule has 0 bridgehead atoms. The minimum atomic E-state index is -4.40. The van der Waals surface area contributed by atoms with E-state index in [1.165, 1.54) is 0 Å². The summed E-state index contributed by atoms with van der Waals surface area (Å²) in [5.74, 6) is 0. The summed E-state index contributed by atoms with van der Waals surface area (Å²) in [5.41, 5.74) is 7.53. The molecule has 0 fully saturated rings. The number of hydrogen-bond acceptors (Lipinski definition) is 2. The lowest BCUT2D eigenvalue weighted by Crippen LogP contribution is -2.04. The normalized spacial score (nSPS) is 11.6. The van der Waals surface area contributed by atoms with Crippen LogP contribution in [0.5, 0.6) is 0 Å². The summed E-state index contributed by atoms with van der Waals surface area (Å²) in [5, 5.41) is 3.84. The molecule has 2 rings (SSSR count). The first-order valence-electron chi connectivity index (χ1n) is 4.72. The number of rotatable bonds is 2. The molecule has 2 aromatic rings. The van der Waals surface area contributed by atoms with Gasteiger partial charge in [0, 0.05) is 19.0 Å². The number of hydrogen-bond donors (Lipinski definition) is 0. The molecule has 8 heteroatoms. The Labute approximate surface area is 112 Å². The monoisotopic (exact) mass is 335 g/mol. The van der Waals surface area contributed by atoms with E-state index in [9.17, 15) is 13.2 Å². The molecular formula is C10H5BrF3N3S. The summed E-state index contributed by atoms with van der Waals surface area (Å²) >= 11 is 4.05. The fourth-order valence-electron chi connectivity index (χ4n) is 1.56. The first-order chi connectivity index (χ1) is 8.41. The fourth-order valence-corrected chi connectivity index (χ4v) is 3.13. The standard InChI is InChI=1S/C10H5BrF3N3S/c11-6-1-5-2-7(4-16-17-15)18-9(5)8(3-6)10(12,13)14/h1-3H,4H2. The van der Waals surface area contributed by atoms with Crippen LogP contribution in [0, 0.1) is 0 Å². The van der Waals surface area contributed by atoms with Crippen molar-refractivity contribution in [2.75, 3.05) is 0 Å². The Bertz CT molecular complexity index is 644. The van der Waals surface area contributed by atoms with Crippen LogP contribution in [0.3, 0.4) is 0 Å². The van der Waals surface area contributed by atoms with Crippen LogP contribution in [0.1, 0.15) is 10.4 Å². The maximum atomic E-state index is 12.9. The molecule has 0 radical (unpaired) electrons. The van der Waals surface area contributed by atoms with Gasteiger partial charge >= 0.3 is 6.18 Å². The van der Waals surface area contributed by atoms with Crippen molar-refractivity contribution in [2.24, 2.45) is 5.11 Å². The SMILES string of the molecule is [N-]=[N+]=NCc1cc2cc(Br)cc(C(F)(F)F)c2s1. The van der Waals surface area contributed by atoms with Gasteiger partial charge in [-0.25, -0.2) is 0 Å². The quantitative estimate of drug-likeness (QED) is 0.395. The van der Waals surface area contributed by atoms with Crippen LogP contribution in [0.15, 0.2) is 27.8 Å². The van der Waals surface area contributed by atoms with Crippen molar-refractivity contribution in [3.8, 4) is 0 Å². The van der Waals surface area contributed by atoms with Gasteiger partial charge in [-0.05, 0) is 29.1 Å². The molecule has 0 aliphatic heterocycles. The number of halogens is 4. The third kappa shape index (κ3) is 2.60. The van der Waals surface area contributed by atoms with E-state index in [-0.39, 0.29) is 11.2 Å². The Kier molecular flexibility index (Phi) is 3.52. The van der Waals surface area contributed by atoms with E-state index < -0.39 is 11.7 Å². The molecular weight excluding hydrogens is 331 g/mol. The third-order valence-electron chi connectivity index (χ3n) is 2.23. The Morgan fingerprint density at radius 3 is 2.67 bits per heavy atom. The second-order valence-electron chi connectivity index (χ2n) is 3.47. The van der Waals surface area contributed by atoms with Crippen molar-refractivity contribution in [1.29, 1.82) is 0 Å². The maximum Gasteiger partial charge on any atom is 0.417 e. The van der Waals surface area contributed by atoms with E-state index >= 15 is 0 Å². The van der Waals surface area contributed by atoms with Gasteiger partial charge in [0.15, 0.2) is 0 Å². The molecule has 3 nitrogen and oxygen atoms in total. The summed E-state index contributed by atoms with van der Waals surface area (Å²) in [6.45, 7) is 0.0603. The first kappa shape index (κ1) is 13.2. The predicted octanol–water partition coefficient (Wildman–Crippen LogP) is 5.49. The summed E-state index contributed by atoms with van der Waals surface area (Å²) in [6.07, 6.45) is -4.40. The summed E-state index contributed by atoms with van der Waals surface area (Å²) < 4.78 is 39.1. The minimum absolute atomic E-state index is 0.0603. The summed E-state index contributed by atoms with van der Waals surface area (Å²) in [4.78, 5) is 3.19. The van der Waals surface area contributed by atoms with Crippen LogP contribution in [-0.4, -0.2) is 0 Å². The van der Waals surface area contributed by atoms with Crippen LogP contribution in [0.2, 0.25) is 0 Å². The molecule has 18 heavy (non-hydrogen) atoms. The van der Waals surface area contributed by atoms with Gasteiger partial charge in [-0.2, -0.15) is 13.2 Å². The highest BCUT2D eigenvalue weighted by molar-refractivity contribution is 9.10. The van der Waals surface area contributed by atoms with Crippen molar-refractivity contribution in [3.63, 3.8) is 0 Å². The van der Waals surface area contributed by atoms with Crippen molar-refractivity contribution >= 4 is 37.4 Å². The number of fused-ring (bicyclic) bond motifs is 1. The van der Waals surface area contributed by atoms with E-state index in [0.29, 0.717) is 14.7 Å². The van der Waals surface area contributed by atoms with Gasteiger partial charge < -0.3 is 0 Å². The molecule has 0 atom stereocenters. The number of nitrogens with zero attached hydrogens (tertiary/aromatic N) is 3. The van der Waals surface area contributed by atoms with Crippen molar-refractivity contribution in [2.45, 2.75) is 12.7 Å². The van der Waals surface area contributed by atoms with E-state index in [0.717, 1.165) is 17.4 Å². The van der Waals surface area contributed by atoms with Gasteiger partial charge in [-0.15, -0.1) is 11.3 Å². The largest absolute Gasteiger partial charge is 0.417 e. The molecule has 1 aromatic carbocycles. The van der Waals surface area contributed by atoms with Crippen LogP contribution in [0.25, 0.3) is 20.5 Å². The average molecular weight is 336 g/mol. The van der Waals surface area contributed by atoms with Gasteiger partial charge in [0.05, 0.1) is 12.1 Å². The Morgan fingerprint density at radius 2 is 2.06 bits per heavy atom. The predicted molar refractivity (Wildman–Crippen MR) is 67.4 cm³/mol. The summed E-state index contributed by atoms with van der Waals surface area (Å²) in [6, 6.07) is 4.27. The van der Waals surface area contributed by atoms with Crippen LogP contribution < -0.4 is 0 Å². The minimum Gasteiger partial charge on any atom is -0.166 e. The van der Waals surface area contributed by atoms with Crippen molar-refractivity contribution < 1.29 is 13.2 Å². The lowest BCUT2D eigenvalue weighted by molar-refractivity contribution is -0.136. The van der Waals surface area contributed by atoms with Crippen LogP contribution >= 0.6 is 27.3 Å². The van der Waals surface area contributed by atoms with Crippen molar-refractivity contribution in [3.05, 3.63) is 43.6 Å². The van der Waals surface area contributed by atoms with E-state index in [1.807, 2.05) is 0 Å². The molecule has 0 unspecified atom stereocenters. The van der Waals surface area contributed by atoms with Gasteiger partial charge in [0.1, 0.15) is 0 Å². The average Bonchev–Trinajstić information content (AvgIpc) is 2.66. The fraction of sp³-hybridized carbons (Fsp3) is 0.200. The molecule has 0 amide bonds. The zero-order valence-corrected chi connectivity index (χ0v) is 11.1. The van der Waals surface area contributed by atoms with Gasteiger partial charge in [-0.3, -0.25) is 0 Å². The zero-order chi connectivity index (χ0) is 13.3. The molecule has 0 N–H and O–H groups in total. The highest BCUT2D eigenvalue weighted by atomic mass is 79.9. The molecule has 0 saturated heterocycles. The first-order valence-corrected chi connectivity index (χ1v) is 6.33. The number of alkyl halides is 3. The Hall–Kier alpha value is -1.24. The van der Waals surface area contributed by atoms with Gasteiger partial charge in [0.2, 0.25) is 0 Å². The number of benzene rings is 1. The smallest absolute Gasteiger partial charge is 0.166 e. The van der Waals surface area contributed by atoms with Gasteiger partial charge in [0.25, 0.3) is 0 Å². The van der Waals surface area contributed by atoms with Gasteiger partial charge in [-0.1, -0.05) is 21.0 Å². The van der Waals surface area contributed by atoms with E-state index in [1.54, 1.807) is 12.1 Å². The summed E-state index contributed by atoms with van der Waals surface area (Å²) in [7, 11) is 0. The molecule has 1 heterocycles. The molecule has 0 spiro atoms. The lowest BCUT2D eigenvalue weighted by Gasteiger charge is -2.08. The highest BCUT2D eigenvalue weighted by Gasteiger charge is 2.33. The third-order valence-corrected chi connectivity index (χ3v) is 3.85. The zero-order valence-electron chi connectivity index (χ0n) is 8.70. The van der Waals surface area contributed by atoms with E-state index in [4.69, 9.17) is 5.53 Å². The number of azide groups is 1. The maximum absolute atomic E-state index is 12.9. The molecule has 0 aliphatic rings. The molecule has 0 saturated carbocycles. The second kappa shape index (κ2) is 4.79. The molecule has 94 valence electrons. The van der Waals surface area contributed by atoms with Crippen molar-refractivity contribution in [1.82, 2.24) is 0 Å². The Balaban J connectivity index is 2.64. The topological polar surface area (TPSA) is 48.8 Å². The van der Waals surface area contributed by atoms with Crippen LogP contribution in [0.4, 0.5) is 13.2 Å². The molecule has 0 aliphatic carbocycles. The van der Waals surface area contributed by atoms with E-state index in [2.05, 4.69) is 26.0 Å².